The number of amides is 1. The van der Waals surface area contributed by atoms with Gasteiger partial charge in [-0.15, -0.1) is 5.10 Å². The highest BCUT2D eigenvalue weighted by Gasteiger charge is 2.26. The van der Waals surface area contributed by atoms with Gasteiger partial charge in [-0.1, -0.05) is 23.4 Å². The number of hydrogen-bond acceptors (Lipinski definition) is 6. The first-order chi connectivity index (χ1) is 14.8. The van der Waals surface area contributed by atoms with Gasteiger partial charge in [0, 0.05) is 12.4 Å². The molecule has 0 spiro atoms. The van der Waals surface area contributed by atoms with Crippen molar-refractivity contribution in [2.75, 3.05) is 13.6 Å². The fraction of sp³-hybridized carbons (Fsp3) is 0.200. The van der Waals surface area contributed by atoms with E-state index < -0.39 is 15.9 Å². The molecule has 0 saturated carbocycles. The van der Waals surface area contributed by atoms with Crippen LogP contribution in [0.4, 0.5) is 0 Å². The van der Waals surface area contributed by atoms with Gasteiger partial charge in [0.05, 0.1) is 36.7 Å². The Morgan fingerprint density at radius 1 is 1.23 bits per heavy atom. The highest BCUT2D eigenvalue weighted by molar-refractivity contribution is 7.89. The molecule has 31 heavy (non-hydrogen) atoms. The summed E-state index contributed by atoms with van der Waals surface area (Å²) in [6.07, 6.45) is 3.27. The second-order valence-electron chi connectivity index (χ2n) is 7.13. The SMILES string of the molecule is Cc1cc(S(=O)(=O)N(C)CC(=O)NCc2cn(-c3ccccc3)nn2)c2[nH]ncc2c1. The Hall–Kier alpha value is -3.57. The molecule has 0 aliphatic heterocycles. The molecule has 2 aromatic heterocycles. The third-order valence-corrected chi connectivity index (χ3v) is 6.57. The van der Waals surface area contributed by atoms with Crippen molar-refractivity contribution in [3.63, 3.8) is 0 Å². The molecule has 4 aromatic rings. The van der Waals surface area contributed by atoms with E-state index in [1.54, 1.807) is 30.1 Å². The Morgan fingerprint density at radius 3 is 2.77 bits per heavy atom. The predicted molar refractivity (Wildman–Crippen MR) is 114 cm³/mol. The molecule has 2 aromatic carbocycles. The number of aryl methyl sites for hydroxylation is 1. The first kappa shape index (κ1) is 20.7. The number of nitrogens with one attached hydrogen (secondary N) is 2. The zero-order valence-corrected chi connectivity index (χ0v) is 17.8. The van der Waals surface area contributed by atoms with E-state index in [9.17, 15) is 13.2 Å². The minimum Gasteiger partial charge on any atom is -0.349 e. The third kappa shape index (κ3) is 4.32. The van der Waals surface area contributed by atoms with Gasteiger partial charge >= 0.3 is 0 Å². The van der Waals surface area contributed by atoms with E-state index in [1.807, 2.05) is 36.4 Å². The highest BCUT2D eigenvalue weighted by Crippen LogP contribution is 2.25. The van der Waals surface area contributed by atoms with Crippen molar-refractivity contribution >= 4 is 26.8 Å². The molecule has 0 unspecified atom stereocenters. The quantitative estimate of drug-likeness (QED) is 0.448. The van der Waals surface area contributed by atoms with Crippen molar-refractivity contribution in [3.8, 4) is 5.69 Å². The maximum Gasteiger partial charge on any atom is 0.245 e. The van der Waals surface area contributed by atoms with Gasteiger partial charge in [0.25, 0.3) is 0 Å². The lowest BCUT2D eigenvalue weighted by Gasteiger charge is -2.17. The lowest BCUT2D eigenvalue weighted by atomic mass is 10.2. The molecule has 160 valence electrons. The maximum absolute atomic E-state index is 13.0. The Labute approximate surface area is 178 Å². The first-order valence-electron chi connectivity index (χ1n) is 9.48. The zero-order chi connectivity index (χ0) is 22.0. The molecule has 0 saturated heterocycles. The van der Waals surface area contributed by atoms with E-state index >= 15 is 0 Å². The van der Waals surface area contributed by atoms with Crippen molar-refractivity contribution in [2.45, 2.75) is 18.4 Å². The number of carbonyl (C=O) groups excluding carboxylic acids is 1. The largest absolute Gasteiger partial charge is 0.349 e. The number of fused-ring (bicyclic) bond motifs is 1. The van der Waals surface area contributed by atoms with E-state index in [0.29, 0.717) is 16.6 Å². The van der Waals surface area contributed by atoms with Crippen LogP contribution in [-0.2, 0) is 21.4 Å². The number of H-pyrrole nitrogens is 1. The van der Waals surface area contributed by atoms with Crippen LogP contribution in [-0.4, -0.2) is 57.4 Å². The van der Waals surface area contributed by atoms with Crippen LogP contribution in [0, 0.1) is 6.92 Å². The lowest BCUT2D eigenvalue weighted by Crippen LogP contribution is -2.38. The standard InChI is InChI=1S/C20H21N7O3S/c1-14-8-15-10-22-24-20(15)18(9-14)31(29,30)26(2)13-19(28)21-11-16-12-27(25-23-16)17-6-4-3-5-7-17/h3-10,12H,11,13H2,1-2H3,(H,21,28)(H,22,24). The summed E-state index contributed by atoms with van der Waals surface area (Å²) < 4.78 is 28.7. The Bertz CT molecular complexity index is 1330. The molecule has 0 aliphatic rings. The molecule has 1 amide bonds. The summed E-state index contributed by atoms with van der Waals surface area (Å²) >= 11 is 0. The molecule has 10 nitrogen and oxygen atoms in total. The van der Waals surface area contributed by atoms with Crippen LogP contribution in [0.15, 0.2) is 59.8 Å². The summed E-state index contributed by atoms with van der Waals surface area (Å²) in [5.41, 5.74) is 2.60. The number of benzene rings is 2. The summed E-state index contributed by atoms with van der Waals surface area (Å²) in [4.78, 5) is 12.5. The van der Waals surface area contributed by atoms with Gasteiger partial charge in [0.15, 0.2) is 0 Å². The van der Waals surface area contributed by atoms with Crippen molar-refractivity contribution in [2.24, 2.45) is 0 Å². The zero-order valence-electron chi connectivity index (χ0n) is 17.0. The number of aromatic nitrogens is 5. The maximum atomic E-state index is 13.0. The van der Waals surface area contributed by atoms with Crippen molar-refractivity contribution in [1.29, 1.82) is 0 Å². The minimum absolute atomic E-state index is 0.0844. The molecular formula is C20H21N7O3S. The van der Waals surface area contributed by atoms with E-state index in [-0.39, 0.29) is 18.0 Å². The van der Waals surface area contributed by atoms with Crippen LogP contribution in [0.5, 0.6) is 0 Å². The van der Waals surface area contributed by atoms with Crippen molar-refractivity contribution in [3.05, 3.63) is 66.1 Å². The summed E-state index contributed by atoms with van der Waals surface area (Å²) in [5.74, 6) is -0.450. The number of para-hydroxylation sites is 1. The fourth-order valence-corrected chi connectivity index (χ4v) is 4.54. The van der Waals surface area contributed by atoms with Gasteiger partial charge in [0.1, 0.15) is 10.6 Å². The Morgan fingerprint density at radius 2 is 2.00 bits per heavy atom. The lowest BCUT2D eigenvalue weighted by molar-refractivity contribution is -0.121. The monoisotopic (exact) mass is 439 g/mol. The van der Waals surface area contributed by atoms with E-state index in [2.05, 4.69) is 25.8 Å². The van der Waals surface area contributed by atoms with E-state index in [4.69, 9.17) is 0 Å². The Kier molecular flexibility index (Phi) is 5.53. The average molecular weight is 440 g/mol. The van der Waals surface area contributed by atoms with Gasteiger partial charge in [-0.3, -0.25) is 9.89 Å². The van der Waals surface area contributed by atoms with E-state index in [1.165, 1.54) is 7.05 Å². The van der Waals surface area contributed by atoms with Crippen molar-refractivity contribution in [1.82, 2.24) is 34.8 Å². The van der Waals surface area contributed by atoms with Crippen LogP contribution in [0.1, 0.15) is 11.3 Å². The molecular weight excluding hydrogens is 418 g/mol. The molecule has 0 radical (unpaired) electrons. The highest BCUT2D eigenvalue weighted by atomic mass is 32.2. The summed E-state index contributed by atoms with van der Waals surface area (Å²) in [5, 5.41) is 18.1. The molecule has 2 heterocycles. The molecule has 0 atom stereocenters. The third-order valence-electron chi connectivity index (χ3n) is 4.74. The fourth-order valence-electron chi connectivity index (χ4n) is 3.16. The van der Waals surface area contributed by atoms with Crippen LogP contribution in [0.3, 0.4) is 0 Å². The minimum atomic E-state index is -3.90. The van der Waals surface area contributed by atoms with Gasteiger partial charge in [-0.25, -0.2) is 13.1 Å². The number of likely N-dealkylation sites (N-methyl/N-ethyl adjacent to an activating group) is 1. The number of hydrogen-bond donors (Lipinski definition) is 2. The number of carbonyl (C=O) groups is 1. The van der Waals surface area contributed by atoms with Gasteiger partial charge in [-0.05, 0) is 36.8 Å². The Balaban J connectivity index is 1.41. The molecule has 0 aliphatic carbocycles. The average Bonchev–Trinajstić information content (AvgIpc) is 3.41. The molecule has 2 N–H and O–H groups in total. The van der Waals surface area contributed by atoms with Gasteiger partial charge < -0.3 is 5.32 Å². The number of nitrogens with zero attached hydrogens (tertiary/aromatic N) is 5. The second-order valence-corrected chi connectivity index (χ2v) is 9.14. The second kappa shape index (κ2) is 8.28. The summed E-state index contributed by atoms with van der Waals surface area (Å²) in [6, 6.07) is 12.9. The molecule has 4 rings (SSSR count). The van der Waals surface area contributed by atoms with Gasteiger partial charge in [-0.2, -0.15) is 9.40 Å². The summed E-state index contributed by atoms with van der Waals surface area (Å²) in [6.45, 7) is 1.61. The normalized spacial score (nSPS) is 11.8. The smallest absolute Gasteiger partial charge is 0.245 e. The molecule has 11 heteroatoms. The summed E-state index contributed by atoms with van der Waals surface area (Å²) in [7, 11) is -2.53. The number of rotatable bonds is 7. The topological polar surface area (TPSA) is 126 Å². The number of aromatic amines is 1. The molecule has 0 fully saturated rings. The van der Waals surface area contributed by atoms with Crippen LogP contribution < -0.4 is 5.32 Å². The van der Waals surface area contributed by atoms with Crippen molar-refractivity contribution < 1.29 is 13.2 Å². The van der Waals surface area contributed by atoms with Crippen LogP contribution in [0.2, 0.25) is 0 Å². The van der Waals surface area contributed by atoms with E-state index in [0.717, 1.165) is 15.6 Å². The van der Waals surface area contributed by atoms with Gasteiger partial charge in [0.2, 0.25) is 15.9 Å². The number of sulfonamides is 1. The predicted octanol–water partition coefficient (Wildman–Crippen LogP) is 1.39. The van der Waals surface area contributed by atoms with Crippen LogP contribution in [0.25, 0.3) is 16.6 Å². The molecule has 0 bridgehead atoms. The van der Waals surface area contributed by atoms with Crippen LogP contribution >= 0.6 is 0 Å². The first-order valence-corrected chi connectivity index (χ1v) is 10.9.